The Morgan fingerprint density at radius 3 is 2.41 bits per heavy atom. The molecule has 0 unspecified atom stereocenters. The lowest BCUT2D eigenvalue weighted by Gasteiger charge is -2.23. The maximum absolute atomic E-state index is 6.26. The number of nitrogens with zero attached hydrogens (tertiary/aromatic N) is 2. The molecular weight excluding hydrogens is 232 g/mol. The molecule has 0 atom stereocenters. The summed E-state index contributed by atoms with van der Waals surface area (Å²) in [7, 11) is 4.21. The van der Waals surface area contributed by atoms with Gasteiger partial charge in [0.15, 0.2) is 0 Å². The van der Waals surface area contributed by atoms with Crippen molar-refractivity contribution in [2.75, 3.05) is 33.7 Å². The Kier molecular flexibility index (Phi) is 5.96. The number of halogens is 1. The van der Waals surface area contributed by atoms with Crippen LogP contribution in [0, 0.1) is 6.92 Å². The maximum Gasteiger partial charge on any atom is 0.0453 e. The molecule has 0 saturated carbocycles. The summed E-state index contributed by atoms with van der Waals surface area (Å²) in [6, 6.07) is 6.30. The van der Waals surface area contributed by atoms with Crippen LogP contribution in [0.2, 0.25) is 5.02 Å². The van der Waals surface area contributed by atoms with E-state index >= 15 is 0 Å². The highest BCUT2D eigenvalue weighted by atomic mass is 35.5. The lowest BCUT2D eigenvalue weighted by molar-refractivity contribution is 0.244. The van der Waals surface area contributed by atoms with Gasteiger partial charge in [-0.3, -0.25) is 4.90 Å². The molecule has 96 valence electrons. The molecule has 1 aromatic rings. The van der Waals surface area contributed by atoms with Crippen LogP contribution in [0.3, 0.4) is 0 Å². The Morgan fingerprint density at radius 2 is 1.88 bits per heavy atom. The van der Waals surface area contributed by atoms with Gasteiger partial charge >= 0.3 is 0 Å². The standard InChI is InChI=1S/C14H23ClN2/c1-5-17(9-8-16(3)4)11-13-7-6-12(2)10-14(13)15/h6-7,10H,5,8-9,11H2,1-4H3. The summed E-state index contributed by atoms with van der Waals surface area (Å²) < 4.78 is 0. The van der Waals surface area contributed by atoms with Gasteiger partial charge in [-0.25, -0.2) is 0 Å². The molecule has 0 saturated heterocycles. The van der Waals surface area contributed by atoms with Crippen LogP contribution in [0.4, 0.5) is 0 Å². The number of rotatable bonds is 6. The first-order valence-electron chi connectivity index (χ1n) is 6.15. The molecule has 17 heavy (non-hydrogen) atoms. The molecule has 2 nitrogen and oxygen atoms in total. The molecule has 0 aliphatic heterocycles. The monoisotopic (exact) mass is 254 g/mol. The van der Waals surface area contributed by atoms with Gasteiger partial charge in [0.2, 0.25) is 0 Å². The summed E-state index contributed by atoms with van der Waals surface area (Å²) in [5.41, 5.74) is 2.44. The number of aryl methyl sites for hydroxylation is 1. The van der Waals surface area contributed by atoms with Gasteiger partial charge in [0, 0.05) is 24.7 Å². The molecule has 0 fully saturated rings. The van der Waals surface area contributed by atoms with Crippen molar-refractivity contribution in [3.8, 4) is 0 Å². The Hall–Kier alpha value is -0.570. The van der Waals surface area contributed by atoms with Gasteiger partial charge in [0.05, 0.1) is 0 Å². The van der Waals surface area contributed by atoms with E-state index in [0.717, 1.165) is 31.2 Å². The van der Waals surface area contributed by atoms with Crippen LogP contribution in [0.1, 0.15) is 18.1 Å². The second-order valence-electron chi connectivity index (χ2n) is 4.77. The van der Waals surface area contributed by atoms with E-state index in [1.807, 2.05) is 6.07 Å². The van der Waals surface area contributed by atoms with Crippen molar-refractivity contribution in [1.29, 1.82) is 0 Å². The van der Waals surface area contributed by atoms with E-state index in [-0.39, 0.29) is 0 Å². The fraction of sp³-hybridized carbons (Fsp3) is 0.571. The minimum Gasteiger partial charge on any atom is -0.308 e. The van der Waals surface area contributed by atoms with Gasteiger partial charge in [0.25, 0.3) is 0 Å². The minimum absolute atomic E-state index is 0.883. The van der Waals surface area contributed by atoms with Crippen LogP contribution in [-0.2, 0) is 6.54 Å². The Labute approximate surface area is 110 Å². The van der Waals surface area contributed by atoms with Gasteiger partial charge in [-0.2, -0.15) is 0 Å². The molecule has 0 aromatic heterocycles. The highest BCUT2D eigenvalue weighted by Gasteiger charge is 2.07. The van der Waals surface area contributed by atoms with Gasteiger partial charge < -0.3 is 4.90 Å². The predicted octanol–water partition coefficient (Wildman–Crippen LogP) is 3.03. The second-order valence-corrected chi connectivity index (χ2v) is 5.17. The van der Waals surface area contributed by atoms with E-state index in [4.69, 9.17) is 11.6 Å². The summed E-state index contributed by atoms with van der Waals surface area (Å²) in [6.07, 6.45) is 0. The number of benzene rings is 1. The van der Waals surface area contributed by atoms with Crippen molar-refractivity contribution >= 4 is 11.6 Å². The summed E-state index contributed by atoms with van der Waals surface area (Å²) in [4.78, 5) is 4.62. The first-order chi connectivity index (χ1) is 8.02. The SMILES string of the molecule is CCN(CCN(C)C)Cc1ccc(C)cc1Cl. The lowest BCUT2D eigenvalue weighted by Crippen LogP contribution is -2.31. The molecule has 0 spiro atoms. The van der Waals surface area contributed by atoms with E-state index in [1.54, 1.807) is 0 Å². The van der Waals surface area contributed by atoms with Crippen molar-refractivity contribution in [3.05, 3.63) is 34.3 Å². The smallest absolute Gasteiger partial charge is 0.0453 e. The molecule has 0 radical (unpaired) electrons. The molecule has 1 aromatic carbocycles. The van der Waals surface area contributed by atoms with Crippen LogP contribution in [0.5, 0.6) is 0 Å². The zero-order chi connectivity index (χ0) is 12.8. The fourth-order valence-electron chi connectivity index (χ4n) is 1.71. The van der Waals surface area contributed by atoms with Crippen molar-refractivity contribution in [3.63, 3.8) is 0 Å². The first-order valence-corrected chi connectivity index (χ1v) is 6.52. The molecule has 0 aliphatic carbocycles. The van der Waals surface area contributed by atoms with Gasteiger partial charge in [-0.05, 0) is 44.8 Å². The van der Waals surface area contributed by atoms with Crippen LogP contribution in [0.25, 0.3) is 0 Å². The van der Waals surface area contributed by atoms with Crippen molar-refractivity contribution in [1.82, 2.24) is 9.80 Å². The maximum atomic E-state index is 6.26. The number of hydrogen-bond donors (Lipinski definition) is 0. The molecule has 0 aliphatic rings. The van der Waals surface area contributed by atoms with Gasteiger partial charge in [-0.15, -0.1) is 0 Å². The number of likely N-dealkylation sites (N-methyl/N-ethyl adjacent to an activating group) is 2. The third kappa shape index (κ3) is 5.07. The fourth-order valence-corrected chi connectivity index (χ4v) is 2.01. The van der Waals surface area contributed by atoms with E-state index in [0.29, 0.717) is 0 Å². The highest BCUT2D eigenvalue weighted by molar-refractivity contribution is 6.31. The van der Waals surface area contributed by atoms with Gasteiger partial charge in [-0.1, -0.05) is 30.7 Å². The summed E-state index contributed by atoms with van der Waals surface area (Å²) in [5, 5.41) is 0.883. The summed E-state index contributed by atoms with van der Waals surface area (Å²) in [6.45, 7) is 8.41. The normalized spacial score (nSPS) is 11.5. The molecule has 0 heterocycles. The largest absolute Gasteiger partial charge is 0.308 e. The molecule has 0 bridgehead atoms. The third-order valence-corrected chi connectivity index (χ3v) is 3.27. The van der Waals surface area contributed by atoms with E-state index < -0.39 is 0 Å². The van der Waals surface area contributed by atoms with Crippen LogP contribution < -0.4 is 0 Å². The number of hydrogen-bond acceptors (Lipinski definition) is 2. The average Bonchev–Trinajstić information content (AvgIpc) is 2.26. The minimum atomic E-state index is 0.883. The zero-order valence-corrected chi connectivity index (χ0v) is 12.1. The summed E-state index contributed by atoms with van der Waals surface area (Å²) >= 11 is 6.26. The average molecular weight is 255 g/mol. The van der Waals surface area contributed by atoms with Crippen LogP contribution in [-0.4, -0.2) is 43.5 Å². The lowest BCUT2D eigenvalue weighted by atomic mass is 10.1. The molecule has 3 heteroatoms. The Bertz CT molecular complexity index is 350. The molecular formula is C14H23ClN2. The quantitative estimate of drug-likeness (QED) is 0.770. The predicted molar refractivity (Wildman–Crippen MR) is 75.7 cm³/mol. The van der Waals surface area contributed by atoms with Crippen LogP contribution in [0.15, 0.2) is 18.2 Å². The zero-order valence-electron chi connectivity index (χ0n) is 11.3. The highest BCUT2D eigenvalue weighted by Crippen LogP contribution is 2.19. The first kappa shape index (κ1) is 14.5. The molecule has 1 rings (SSSR count). The van der Waals surface area contributed by atoms with Crippen molar-refractivity contribution in [2.24, 2.45) is 0 Å². The summed E-state index contributed by atoms with van der Waals surface area (Å²) in [5.74, 6) is 0. The second kappa shape index (κ2) is 7.00. The Morgan fingerprint density at radius 1 is 1.18 bits per heavy atom. The Balaban J connectivity index is 2.60. The van der Waals surface area contributed by atoms with E-state index in [1.165, 1.54) is 11.1 Å². The van der Waals surface area contributed by atoms with Gasteiger partial charge in [0.1, 0.15) is 0 Å². The molecule has 0 amide bonds. The third-order valence-electron chi connectivity index (χ3n) is 2.91. The van der Waals surface area contributed by atoms with Crippen LogP contribution >= 0.6 is 11.6 Å². The molecule has 0 N–H and O–H groups in total. The van der Waals surface area contributed by atoms with Crippen molar-refractivity contribution in [2.45, 2.75) is 20.4 Å². The topological polar surface area (TPSA) is 6.48 Å². The van der Waals surface area contributed by atoms with E-state index in [9.17, 15) is 0 Å². The van der Waals surface area contributed by atoms with Crippen molar-refractivity contribution < 1.29 is 0 Å². The van der Waals surface area contributed by atoms with E-state index in [2.05, 4.69) is 49.9 Å².